The molecule has 29 heavy (non-hydrogen) atoms. The average molecular weight is 415 g/mol. The number of aromatic amines is 1. The van der Waals surface area contributed by atoms with Gasteiger partial charge in [0.2, 0.25) is 10.0 Å². The summed E-state index contributed by atoms with van der Waals surface area (Å²) in [6.07, 6.45) is 1.69. The number of benzene rings is 2. The zero-order chi connectivity index (χ0) is 21.2. The summed E-state index contributed by atoms with van der Waals surface area (Å²) < 4.78 is 34.9. The van der Waals surface area contributed by atoms with Crippen molar-refractivity contribution in [2.24, 2.45) is 5.14 Å². The first-order valence-corrected chi connectivity index (χ1v) is 10.2. The maximum absolute atomic E-state index is 12.9. The van der Waals surface area contributed by atoms with E-state index in [0.717, 1.165) is 5.56 Å². The molecule has 9 heteroatoms. The summed E-state index contributed by atoms with van der Waals surface area (Å²) in [6, 6.07) is 11.0. The van der Waals surface area contributed by atoms with E-state index in [1.54, 1.807) is 31.4 Å². The molecule has 0 fully saturated rings. The summed E-state index contributed by atoms with van der Waals surface area (Å²) in [4.78, 5) is 12.8. The van der Waals surface area contributed by atoms with Crippen LogP contribution in [0.15, 0.2) is 52.2 Å². The van der Waals surface area contributed by atoms with E-state index in [0.29, 0.717) is 34.4 Å². The molecule has 8 nitrogen and oxygen atoms in total. The van der Waals surface area contributed by atoms with Gasteiger partial charge in [0.25, 0.3) is 5.56 Å². The Morgan fingerprint density at radius 2 is 1.86 bits per heavy atom. The van der Waals surface area contributed by atoms with E-state index < -0.39 is 10.0 Å². The number of nitrogens with one attached hydrogen (secondary N) is 1. The molecular weight excluding hydrogens is 394 g/mol. The first kappa shape index (κ1) is 20.4. The van der Waals surface area contributed by atoms with Crippen molar-refractivity contribution in [2.45, 2.75) is 11.8 Å². The minimum absolute atomic E-state index is 0.0378. The summed E-state index contributed by atoms with van der Waals surface area (Å²) in [6.45, 7) is 6.24. The van der Waals surface area contributed by atoms with Gasteiger partial charge in [-0.3, -0.25) is 9.89 Å². The quantitative estimate of drug-likeness (QED) is 0.607. The summed E-state index contributed by atoms with van der Waals surface area (Å²) in [5.74, 6) is 1.17. The van der Waals surface area contributed by atoms with Crippen molar-refractivity contribution < 1.29 is 17.9 Å². The van der Waals surface area contributed by atoms with Gasteiger partial charge < -0.3 is 9.47 Å². The molecular formula is C20H21N3O5S. The van der Waals surface area contributed by atoms with Crippen molar-refractivity contribution in [3.8, 4) is 17.2 Å². The van der Waals surface area contributed by atoms with Crippen molar-refractivity contribution in [3.63, 3.8) is 0 Å². The Kier molecular flexibility index (Phi) is 5.62. The molecule has 1 heterocycles. The molecule has 0 atom stereocenters. The Labute approximate surface area is 167 Å². The lowest BCUT2D eigenvalue weighted by atomic mass is 10.1. The van der Waals surface area contributed by atoms with Crippen molar-refractivity contribution in [2.75, 3.05) is 13.7 Å². The molecule has 3 rings (SSSR count). The van der Waals surface area contributed by atoms with Crippen molar-refractivity contribution in [3.05, 3.63) is 68.9 Å². The maximum atomic E-state index is 12.9. The van der Waals surface area contributed by atoms with Crippen LogP contribution in [-0.4, -0.2) is 31.9 Å². The van der Waals surface area contributed by atoms with E-state index in [4.69, 9.17) is 14.6 Å². The first-order valence-electron chi connectivity index (χ1n) is 8.70. The molecule has 0 aliphatic rings. The van der Waals surface area contributed by atoms with Crippen LogP contribution in [0.3, 0.4) is 0 Å². The van der Waals surface area contributed by atoms with Gasteiger partial charge in [0.15, 0.2) is 11.5 Å². The molecule has 3 N–H and O–H groups in total. The first-order chi connectivity index (χ1) is 13.7. The molecule has 0 unspecified atom stereocenters. The molecule has 0 saturated carbocycles. The third-order valence-electron chi connectivity index (χ3n) is 4.23. The van der Waals surface area contributed by atoms with Gasteiger partial charge in [-0.1, -0.05) is 12.6 Å². The Morgan fingerprint density at radius 3 is 2.45 bits per heavy atom. The van der Waals surface area contributed by atoms with Crippen LogP contribution in [0.4, 0.5) is 0 Å². The third kappa shape index (κ3) is 4.25. The lowest BCUT2D eigenvalue weighted by molar-refractivity contribution is 0.311. The van der Waals surface area contributed by atoms with Gasteiger partial charge in [-0.2, -0.15) is 0 Å². The van der Waals surface area contributed by atoms with Crippen LogP contribution in [0.5, 0.6) is 11.5 Å². The predicted molar refractivity (Wildman–Crippen MR) is 110 cm³/mol. The van der Waals surface area contributed by atoms with Crippen LogP contribution >= 0.6 is 0 Å². The second-order valence-corrected chi connectivity index (χ2v) is 7.73. The average Bonchev–Trinajstić information content (AvgIpc) is 2.96. The summed E-state index contributed by atoms with van der Waals surface area (Å²) in [5, 5.41) is 8.79. The Bertz CT molecular complexity index is 1310. The largest absolute Gasteiger partial charge is 0.493 e. The number of aromatic nitrogens is 2. The van der Waals surface area contributed by atoms with Gasteiger partial charge in [-0.05, 0) is 55.0 Å². The van der Waals surface area contributed by atoms with Gasteiger partial charge in [0.1, 0.15) is 0 Å². The standard InChI is InChI=1S/C20H21N3O5S/c1-4-28-19-12-14(5-10-18(19)27-3)11-17-13(2)22-23(20(17)24)15-6-8-16(9-7-15)29(21,25)26/h5-12,22H,2,4H2,1,3H3,(H2,21,25,26)/b17-11+. The Morgan fingerprint density at radius 1 is 1.17 bits per heavy atom. The van der Waals surface area contributed by atoms with Gasteiger partial charge in [-0.15, -0.1) is 0 Å². The van der Waals surface area contributed by atoms with E-state index >= 15 is 0 Å². The molecule has 0 saturated heterocycles. The molecule has 1 aromatic heterocycles. The second kappa shape index (κ2) is 7.98. The molecule has 152 valence electrons. The van der Waals surface area contributed by atoms with Crippen LogP contribution in [-0.2, 0) is 10.0 Å². The smallest absolute Gasteiger partial charge is 0.279 e. The van der Waals surface area contributed by atoms with Gasteiger partial charge in [-0.25, -0.2) is 18.2 Å². The van der Waals surface area contributed by atoms with Gasteiger partial charge >= 0.3 is 0 Å². The van der Waals surface area contributed by atoms with Crippen molar-refractivity contribution in [1.29, 1.82) is 0 Å². The third-order valence-corrected chi connectivity index (χ3v) is 5.16. The number of hydrogen-bond donors (Lipinski definition) is 2. The lowest BCUT2D eigenvalue weighted by Crippen LogP contribution is -2.33. The van der Waals surface area contributed by atoms with E-state index in [1.165, 1.54) is 28.9 Å². The predicted octanol–water partition coefficient (Wildman–Crippen LogP) is 0.459. The topological polar surface area (TPSA) is 116 Å². The fraction of sp³-hybridized carbons (Fsp3) is 0.150. The molecule has 0 radical (unpaired) electrons. The lowest BCUT2D eigenvalue weighted by Gasteiger charge is -2.09. The highest BCUT2D eigenvalue weighted by Gasteiger charge is 2.10. The number of rotatable bonds is 6. The normalized spacial score (nSPS) is 12.2. The number of nitrogens with zero attached hydrogens (tertiary/aromatic N) is 1. The van der Waals surface area contributed by atoms with Gasteiger partial charge in [0, 0.05) is 0 Å². The summed E-state index contributed by atoms with van der Waals surface area (Å²) >= 11 is 0. The molecule has 2 aromatic carbocycles. The fourth-order valence-electron chi connectivity index (χ4n) is 2.83. The molecule has 0 spiro atoms. The SMILES string of the molecule is C=c1[nH]n(-c2ccc(S(N)(=O)=O)cc2)c(=O)/c1=C/c1ccc(OC)c(OCC)c1. The van der Waals surface area contributed by atoms with E-state index in [-0.39, 0.29) is 10.5 Å². The number of ether oxygens (including phenoxy) is 2. The zero-order valence-corrected chi connectivity index (χ0v) is 16.8. The number of primary sulfonamides is 1. The van der Waals surface area contributed by atoms with Crippen LogP contribution in [0.1, 0.15) is 12.5 Å². The van der Waals surface area contributed by atoms with Crippen molar-refractivity contribution in [1.82, 2.24) is 9.78 Å². The highest BCUT2D eigenvalue weighted by Crippen LogP contribution is 2.28. The summed E-state index contributed by atoms with van der Waals surface area (Å²) in [5.41, 5.74) is 0.871. The highest BCUT2D eigenvalue weighted by molar-refractivity contribution is 7.89. The number of nitrogens with two attached hydrogens (primary N) is 1. The van der Waals surface area contributed by atoms with Crippen molar-refractivity contribution >= 4 is 22.7 Å². The zero-order valence-electron chi connectivity index (χ0n) is 16.0. The molecule has 0 aliphatic heterocycles. The molecule has 0 amide bonds. The van der Waals surface area contributed by atoms with Crippen LogP contribution in [0, 0.1) is 0 Å². The number of H-pyrrole nitrogens is 1. The minimum Gasteiger partial charge on any atom is -0.493 e. The van der Waals surface area contributed by atoms with Crippen LogP contribution in [0.25, 0.3) is 18.3 Å². The minimum atomic E-state index is -3.81. The molecule has 0 aliphatic carbocycles. The molecule has 0 bridgehead atoms. The van der Waals surface area contributed by atoms with Crippen LogP contribution in [0.2, 0.25) is 0 Å². The monoisotopic (exact) mass is 415 g/mol. The van der Waals surface area contributed by atoms with E-state index in [2.05, 4.69) is 11.7 Å². The molecule has 3 aromatic rings. The van der Waals surface area contributed by atoms with E-state index in [9.17, 15) is 13.2 Å². The van der Waals surface area contributed by atoms with E-state index in [1.807, 2.05) is 6.92 Å². The number of methoxy groups -OCH3 is 1. The number of hydrogen-bond acceptors (Lipinski definition) is 5. The number of sulfonamides is 1. The summed E-state index contributed by atoms with van der Waals surface area (Å²) in [7, 11) is -2.25. The second-order valence-electron chi connectivity index (χ2n) is 6.17. The van der Waals surface area contributed by atoms with Crippen LogP contribution < -0.4 is 30.7 Å². The highest BCUT2D eigenvalue weighted by atomic mass is 32.2. The maximum Gasteiger partial charge on any atom is 0.279 e. The van der Waals surface area contributed by atoms with Gasteiger partial charge in [0.05, 0.1) is 34.9 Å². The Balaban J connectivity index is 2.08. The Hall–Kier alpha value is -3.30. The fourth-order valence-corrected chi connectivity index (χ4v) is 3.34.